The fraction of sp³-hybridized carbons (Fsp3) is 0.375. The molecule has 1 aliphatic carbocycles. The zero-order chi connectivity index (χ0) is 13.9. The molecule has 0 bridgehead atoms. The lowest BCUT2D eigenvalue weighted by molar-refractivity contribution is 0.0992. The summed E-state index contributed by atoms with van der Waals surface area (Å²) in [6.45, 7) is 0. The van der Waals surface area contributed by atoms with Crippen molar-refractivity contribution in [2.45, 2.75) is 38.1 Å². The molecule has 3 rings (SSSR count). The van der Waals surface area contributed by atoms with Gasteiger partial charge in [-0.2, -0.15) is 5.10 Å². The van der Waals surface area contributed by atoms with Crippen molar-refractivity contribution in [2.75, 3.05) is 0 Å². The molecule has 1 aliphatic rings. The normalized spacial score (nSPS) is 15.7. The molecule has 1 aromatic heterocycles. The predicted molar refractivity (Wildman–Crippen MR) is 79.2 cm³/mol. The number of ketones is 1. The minimum Gasteiger partial charge on any atom is -0.294 e. The molecule has 0 aliphatic heterocycles. The second kappa shape index (κ2) is 5.80. The average Bonchev–Trinajstić information content (AvgIpc) is 3.09. The molecule has 4 heteroatoms. The standard InChI is InChI=1S/C16H17ClN2O/c17-15-8-4-3-7-14(15)16(20)11-12-9-10-19(18-12)13-5-1-2-6-13/h3-4,7-10,13H,1-2,5-6,11H2. The molecule has 0 radical (unpaired) electrons. The van der Waals surface area contributed by atoms with Gasteiger partial charge in [-0.05, 0) is 31.0 Å². The molecule has 3 nitrogen and oxygen atoms in total. The summed E-state index contributed by atoms with van der Waals surface area (Å²) in [4.78, 5) is 12.2. The zero-order valence-electron chi connectivity index (χ0n) is 11.3. The van der Waals surface area contributed by atoms with Crippen LogP contribution in [0, 0.1) is 0 Å². The van der Waals surface area contributed by atoms with Crippen LogP contribution < -0.4 is 0 Å². The molecule has 104 valence electrons. The highest BCUT2D eigenvalue weighted by atomic mass is 35.5. The van der Waals surface area contributed by atoms with Crippen LogP contribution in [0.5, 0.6) is 0 Å². The van der Waals surface area contributed by atoms with Gasteiger partial charge in [0.2, 0.25) is 0 Å². The summed E-state index contributed by atoms with van der Waals surface area (Å²) in [6.07, 6.45) is 7.24. The number of Topliss-reactive ketones (excluding diaryl/α,β-unsaturated/α-hetero) is 1. The van der Waals surface area contributed by atoms with Gasteiger partial charge in [0.15, 0.2) is 5.78 Å². The van der Waals surface area contributed by atoms with Crippen LogP contribution in [0.25, 0.3) is 0 Å². The molecule has 0 spiro atoms. The third-order valence-electron chi connectivity index (χ3n) is 3.88. The predicted octanol–water partition coefficient (Wildman–Crippen LogP) is 4.08. The Morgan fingerprint density at radius 3 is 2.75 bits per heavy atom. The van der Waals surface area contributed by atoms with Crippen molar-refractivity contribution in [3.05, 3.63) is 52.8 Å². The first kappa shape index (κ1) is 13.4. The molecule has 1 saturated carbocycles. The van der Waals surface area contributed by atoms with E-state index in [1.54, 1.807) is 12.1 Å². The Bertz CT molecular complexity index is 614. The summed E-state index contributed by atoms with van der Waals surface area (Å²) < 4.78 is 2.02. The van der Waals surface area contributed by atoms with E-state index in [-0.39, 0.29) is 5.78 Å². The SMILES string of the molecule is O=C(Cc1ccn(C2CCCC2)n1)c1ccccc1Cl. The highest BCUT2D eigenvalue weighted by molar-refractivity contribution is 6.34. The quantitative estimate of drug-likeness (QED) is 0.795. The van der Waals surface area contributed by atoms with Gasteiger partial charge in [-0.15, -0.1) is 0 Å². The third-order valence-corrected chi connectivity index (χ3v) is 4.21. The Morgan fingerprint density at radius 2 is 2.00 bits per heavy atom. The Hall–Kier alpha value is -1.61. The van der Waals surface area contributed by atoms with E-state index in [1.165, 1.54) is 25.7 Å². The number of aromatic nitrogens is 2. The largest absolute Gasteiger partial charge is 0.294 e. The van der Waals surface area contributed by atoms with Crippen LogP contribution in [0.3, 0.4) is 0 Å². The number of carbonyl (C=O) groups is 1. The van der Waals surface area contributed by atoms with Crippen LogP contribution in [0.1, 0.15) is 47.8 Å². The second-order valence-corrected chi connectivity index (χ2v) is 5.71. The van der Waals surface area contributed by atoms with E-state index in [9.17, 15) is 4.79 Å². The van der Waals surface area contributed by atoms with Gasteiger partial charge in [-0.3, -0.25) is 9.48 Å². The molecule has 2 aromatic rings. The minimum absolute atomic E-state index is 0.0206. The molecule has 20 heavy (non-hydrogen) atoms. The number of rotatable bonds is 4. The highest BCUT2D eigenvalue weighted by Crippen LogP contribution is 2.28. The Labute approximate surface area is 123 Å². The van der Waals surface area contributed by atoms with Crippen molar-refractivity contribution in [1.82, 2.24) is 9.78 Å². The van der Waals surface area contributed by atoms with Crippen LogP contribution in [0.4, 0.5) is 0 Å². The van der Waals surface area contributed by atoms with Crippen LogP contribution in [0.2, 0.25) is 5.02 Å². The van der Waals surface area contributed by atoms with Crippen LogP contribution in [-0.2, 0) is 6.42 Å². The van der Waals surface area contributed by atoms with E-state index >= 15 is 0 Å². The van der Waals surface area contributed by atoms with Gasteiger partial charge in [0.1, 0.15) is 0 Å². The van der Waals surface area contributed by atoms with Crippen LogP contribution in [-0.4, -0.2) is 15.6 Å². The Morgan fingerprint density at radius 1 is 1.25 bits per heavy atom. The Kier molecular flexibility index (Phi) is 3.88. The first-order valence-corrected chi connectivity index (χ1v) is 7.43. The van der Waals surface area contributed by atoms with E-state index in [1.807, 2.05) is 29.1 Å². The Balaban J connectivity index is 1.72. The molecular formula is C16H17ClN2O. The molecule has 0 saturated heterocycles. The molecular weight excluding hydrogens is 272 g/mol. The number of halogens is 1. The van der Waals surface area contributed by atoms with Gasteiger partial charge < -0.3 is 0 Å². The van der Waals surface area contributed by atoms with Crippen molar-refractivity contribution in [2.24, 2.45) is 0 Å². The maximum Gasteiger partial charge on any atom is 0.170 e. The molecule has 1 fully saturated rings. The highest BCUT2D eigenvalue weighted by Gasteiger charge is 2.18. The number of hydrogen-bond donors (Lipinski definition) is 0. The maximum absolute atomic E-state index is 12.2. The van der Waals surface area contributed by atoms with E-state index < -0.39 is 0 Å². The van der Waals surface area contributed by atoms with Gasteiger partial charge in [-0.1, -0.05) is 36.6 Å². The first-order chi connectivity index (χ1) is 9.74. The fourth-order valence-corrected chi connectivity index (χ4v) is 3.03. The molecule has 0 amide bonds. The van der Waals surface area contributed by atoms with Gasteiger partial charge in [0.25, 0.3) is 0 Å². The second-order valence-electron chi connectivity index (χ2n) is 5.31. The monoisotopic (exact) mass is 288 g/mol. The third kappa shape index (κ3) is 2.78. The first-order valence-electron chi connectivity index (χ1n) is 7.06. The molecule has 0 unspecified atom stereocenters. The average molecular weight is 289 g/mol. The minimum atomic E-state index is 0.0206. The van der Waals surface area contributed by atoms with Crippen molar-refractivity contribution >= 4 is 17.4 Å². The van der Waals surface area contributed by atoms with Crippen LogP contribution in [0.15, 0.2) is 36.5 Å². The lowest BCUT2D eigenvalue weighted by Crippen LogP contribution is -2.08. The van der Waals surface area contributed by atoms with E-state index in [2.05, 4.69) is 5.10 Å². The number of carbonyl (C=O) groups excluding carboxylic acids is 1. The van der Waals surface area contributed by atoms with Gasteiger partial charge in [-0.25, -0.2) is 0 Å². The summed E-state index contributed by atoms with van der Waals surface area (Å²) >= 11 is 6.05. The molecule has 1 heterocycles. The summed E-state index contributed by atoms with van der Waals surface area (Å²) in [5.74, 6) is 0.0206. The topological polar surface area (TPSA) is 34.9 Å². The summed E-state index contributed by atoms with van der Waals surface area (Å²) in [5, 5.41) is 5.05. The van der Waals surface area contributed by atoms with Crippen molar-refractivity contribution in [3.63, 3.8) is 0 Å². The van der Waals surface area contributed by atoms with Crippen molar-refractivity contribution in [3.8, 4) is 0 Å². The zero-order valence-corrected chi connectivity index (χ0v) is 12.0. The van der Waals surface area contributed by atoms with Crippen LogP contribution >= 0.6 is 11.6 Å². The lowest BCUT2D eigenvalue weighted by atomic mass is 10.1. The van der Waals surface area contributed by atoms with Gasteiger partial charge in [0, 0.05) is 11.8 Å². The fourth-order valence-electron chi connectivity index (χ4n) is 2.79. The maximum atomic E-state index is 12.2. The smallest absolute Gasteiger partial charge is 0.170 e. The van der Waals surface area contributed by atoms with E-state index in [4.69, 9.17) is 11.6 Å². The number of hydrogen-bond acceptors (Lipinski definition) is 2. The lowest BCUT2D eigenvalue weighted by Gasteiger charge is -2.08. The number of nitrogens with zero attached hydrogens (tertiary/aromatic N) is 2. The molecule has 0 atom stereocenters. The van der Waals surface area contributed by atoms with Gasteiger partial charge >= 0.3 is 0 Å². The molecule has 0 N–H and O–H groups in total. The van der Waals surface area contributed by atoms with Crippen molar-refractivity contribution < 1.29 is 4.79 Å². The molecule has 1 aromatic carbocycles. The van der Waals surface area contributed by atoms with E-state index in [0.717, 1.165) is 5.69 Å². The van der Waals surface area contributed by atoms with Crippen molar-refractivity contribution in [1.29, 1.82) is 0 Å². The van der Waals surface area contributed by atoms with Gasteiger partial charge in [0.05, 0.1) is 23.2 Å². The summed E-state index contributed by atoms with van der Waals surface area (Å²) in [6, 6.07) is 9.61. The summed E-state index contributed by atoms with van der Waals surface area (Å²) in [5.41, 5.74) is 1.39. The van der Waals surface area contributed by atoms with E-state index in [0.29, 0.717) is 23.0 Å². The summed E-state index contributed by atoms with van der Waals surface area (Å²) in [7, 11) is 0. The number of benzene rings is 1.